The number of halogens is 2. The minimum atomic E-state index is -1.40. The number of para-hydroxylation sites is 1. The van der Waals surface area contributed by atoms with Gasteiger partial charge in [-0.1, -0.05) is 46.3 Å². The fourth-order valence-corrected chi connectivity index (χ4v) is 6.25. The number of carbonyl (C=O) groups excluding carboxylic acids is 1. The van der Waals surface area contributed by atoms with Gasteiger partial charge in [-0.15, -0.1) is 0 Å². The van der Waals surface area contributed by atoms with E-state index in [4.69, 9.17) is 9.47 Å². The van der Waals surface area contributed by atoms with Crippen LogP contribution in [0.3, 0.4) is 0 Å². The van der Waals surface area contributed by atoms with Crippen molar-refractivity contribution in [2.75, 3.05) is 26.0 Å². The Bertz CT molecular complexity index is 1350. The van der Waals surface area contributed by atoms with Crippen LogP contribution in [0.5, 0.6) is 11.5 Å². The van der Waals surface area contributed by atoms with E-state index in [1.165, 1.54) is 7.11 Å². The Kier molecular flexibility index (Phi) is 6.52. The average Bonchev–Trinajstić information content (AvgIpc) is 3.33. The highest BCUT2D eigenvalue weighted by Crippen LogP contribution is 2.53. The number of rotatable bonds is 6. The molecule has 10 heteroatoms. The Balaban J connectivity index is 1.52. The zero-order chi connectivity index (χ0) is 25.6. The molecule has 1 fully saturated rings. The van der Waals surface area contributed by atoms with Crippen LogP contribution in [0.2, 0.25) is 0 Å². The highest BCUT2D eigenvalue weighted by atomic mass is 79.9. The molecule has 3 aromatic carbocycles. The number of ether oxygens (including phenoxy) is 2. The van der Waals surface area contributed by atoms with Crippen LogP contribution >= 0.6 is 31.9 Å². The van der Waals surface area contributed by atoms with Crippen molar-refractivity contribution in [1.82, 2.24) is 4.90 Å². The molecule has 0 aromatic heterocycles. The third kappa shape index (κ3) is 3.88. The van der Waals surface area contributed by atoms with Crippen LogP contribution in [-0.2, 0) is 16.9 Å². The molecule has 8 nitrogen and oxygen atoms in total. The van der Waals surface area contributed by atoms with E-state index in [0.717, 1.165) is 10.0 Å². The zero-order valence-electron chi connectivity index (χ0n) is 19.5. The number of fused-ring (bicyclic) bond motifs is 2. The number of anilines is 1. The minimum Gasteiger partial charge on any atom is -0.493 e. The zero-order valence-corrected chi connectivity index (χ0v) is 22.7. The Morgan fingerprint density at radius 3 is 2.58 bits per heavy atom. The summed E-state index contributed by atoms with van der Waals surface area (Å²) in [4.78, 5) is 27.4. The number of hydrogen-bond acceptors (Lipinski definition) is 6. The first-order chi connectivity index (χ1) is 17.3. The lowest BCUT2D eigenvalue weighted by Gasteiger charge is -2.30. The Morgan fingerprint density at radius 1 is 1.17 bits per heavy atom. The largest absolute Gasteiger partial charge is 0.493 e. The van der Waals surface area contributed by atoms with Crippen LogP contribution < -0.4 is 14.8 Å². The van der Waals surface area contributed by atoms with Gasteiger partial charge in [-0.3, -0.25) is 19.8 Å². The van der Waals surface area contributed by atoms with Gasteiger partial charge >= 0.3 is 0 Å². The van der Waals surface area contributed by atoms with E-state index >= 15 is 0 Å². The number of likely N-dealkylation sites (tertiary alicyclic amines) is 1. The van der Waals surface area contributed by atoms with E-state index in [1.54, 1.807) is 42.3 Å². The fourth-order valence-electron chi connectivity index (χ4n) is 5.41. The molecular formula is C26H23Br2N3O5. The van der Waals surface area contributed by atoms with Crippen LogP contribution in [-0.4, -0.2) is 42.5 Å². The standard InChI is InChI=1S/C26H23Br2N3O5/c1-30-13-18(24(31(33)34)26(30)19-5-3-4-6-21(19)29-25(26)32)16-11-20(28)23(22(12-16)35-2)36-14-15-7-9-17(27)10-8-15/h3-12,18,24H,13-14H2,1-2H3,(H,29,32)/t18-,24+,26+/m0/s1. The van der Waals surface area contributed by atoms with E-state index in [-0.39, 0.29) is 10.8 Å². The maximum atomic E-state index is 13.3. The van der Waals surface area contributed by atoms with Crippen LogP contribution in [0.4, 0.5) is 5.69 Å². The lowest BCUT2D eigenvalue weighted by atomic mass is 9.79. The summed E-state index contributed by atoms with van der Waals surface area (Å²) in [5, 5.41) is 15.4. The number of nitro groups is 1. The third-order valence-electron chi connectivity index (χ3n) is 7.02. The van der Waals surface area contributed by atoms with E-state index in [1.807, 2.05) is 30.3 Å². The number of nitrogens with one attached hydrogen (secondary N) is 1. The van der Waals surface area contributed by atoms with Crippen molar-refractivity contribution in [3.8, 4) is 11.5 Å². The van der Waals surface area contributed by atoms with Gasteiger partial charge in [-0.2, -0.15) is 0 Å². The molecule has 0 aliphatic carbocycles. The van der Waals surface area contributed by atoms with E-state index in [9.17, 15) is 14.9 Å². The molecule has 0 saturated carbocycles. The molecule has 186 valence electrons. The molecule has 36 heavy (non-hydrogen) atoms. The van der Waals surface area contributed by atoms with Gasteiger partial charge in [0.1, 0.15) is 6.61 Å². The molecular weight excluding hydrogens is 594 g/mol. The van der Waals surface area contributed by atoms with Crippen molar-refractivity contribution in [3.05, 3.63) is 96.4 Å². The summed E-state index contributed by atoms with van der Waals surface area (Å²) in [6, 6.07) is 17.4. The summed E-state index contributed by atoms with van der Waals surface area (Å²) < 4.78 is 13.3. The minimum absolute atomic E-state index is 0.322. The molecule has 2 aliphatic rings. The number of benzene rings is 3. The van der Waals surface area contributed by atoms with E-state index < -0.39 is 17.5 Å². The van der Waals surface area contributed by atoms with Crippen molar-refractivity contribution >= 4 is 43.5 Å². The van der Waals surface area contributed by atoms with Crippen molar-refractivity contribution in [1.29, 1.82) is 0 Å². The Labute approximate surface area is 225 Å². The molecule has 3 atom stereocenters. The monoisotopic (exact) mass is 615 g/mol. The Hall–Kier alpha value is -2.95. The molecule has 1 amide bonds. The number of likely N-dealkylation sites (N-methyl/N-ethyl adjacent to an activating group) is 1. The van der Waals surface area contributed by atoms with Gasteiger partial charge in [-0.05, 0) is 64.4 Å². The Morgan fingerprint density at radius 2 is 1.89 bits per heavy atom. The number of amides is 1. The number of nitrogens with zero attached hydrogens (tertiary/aromatic N) is 2. The first-order valence-electron chi connectivity index (χ1n) is 11.3. The van der Waals surface area contributed by atoms with E-state index in [2.05, 4.69) is 37.2 Å². The summed E-state index contributed by atoms with van der Waals surface area (Å²) in [5.74, 6) is 0.0221. The lowest BCUT2D eigenvalue weighted by molar-refractivity contribution is -0.534. The molecule has 5 rings (SSSR count). The predicted molar refractivity (Wildman–Crippen MR) is 142 cm³/mol. The molecule has 1 saturated heterocycles. The SMILES string of the molecule is COc1cc([C@@H]2CN(C)[C@@]3(C(=O)Nc4ccccc43)[C@@H]2[N+](=O)[O-])cc(Br)c1OCc1ccc(Br)cc1. The van der Waals surface area contributed by atoms with Gasteiger partial charge in [0, 0.05) is 27.2 Å². The molecule has 0 bridgehead atoms. The van der Waals surface area contributed by atoms with Gasteiger partial charge in [0.2, 0.25) is 0 Å². The second-order valence-electron chi connectivity index (χ2n) is 8.93. The lowest BCUT2D eigenvalue weighted by Crippen LogP contribution is -2.54. The number of hydrogen-bond donors (Lipinski definition) is 1. The molecule has 0 radical (unpaired) electrons. The van der Waals surface area contributed by atoms with Gasteiger partial charge in [0.25, 0.3) is 11.9 Å². The maximum Gasteiger partial charge on any atom is 0.256 e. The summed E-state index contributed by atoms with van der Waals surface area (Å²) in [6.45, 7) is 0.646. The highest BCUT2D eigenvalue weighted by Gasteiger charge is 2.68. The molecule has 3 aromatic rings. The summed E-state index contributed by atoms with van der Waals surface area (Å²) in [6.07, 6.45) is 0. The van der Waals surface area contributed by atoms with E-state index in [0.29, 0.717) is 45.9 Å². The van der Waals surface area contributed by atoms with Crippen LogP contribution in [0.25, 0.3) is 0 Å². The summed E-state index contributed by atoms with van der Waals surface area (Å²) >= 11 is 7.01. The molecule has 0 unspecified atom stereocenters. The number of methoxy groups -OCH3 is 1. The van der Waals surface area contributed by atoms with Crippen molar-refractivity contribution in [2.24, 2.45) is 0 Å². The maximum absolute atomic E-state index is 13.3. The summed E-state index contributed by atoms with van der Waals surface area (Å²) in [7, 11) is 3.30. The van der Waals surface area contributed by atoms with Gasteiger partial charge in [0.05, 0.1) is 17.5 Å². The number of carbonyl (C=O) groups is 1. The summed E-state index contributed by atoms with van der Waals surface area (Å²) in [5.41, 5.74) is 1.51. The fraction of sp³-hybridized carbons (Fsp3) is 0.269. The molecule has 1 N–H and O–H groups in total. The van der Waals surface area contributed by atoms with Crippen LogP contribution in [0.1, 0.15) is 22.6 Å². The van der Waals surface area contributed by atoms with Crippen molar-refractivity contribution in [3.63, 3.8) is 0 Å². The quantitative estimate of drug-likeness (QED) is 0.298. The molecule has 1 spiro atoms. The third-order valence-corrected chi connectivity index (χ3v) is 8.14. The van der Waals surface area contributed by atoms with Gasteiger partial charge in [0.15, 0.2) is 17.0 Å². The van der Waals surface area contributed by atoms with Crippen LogP contribution in [0, 0.1) is 10.1 Å². The van der Waals surface area contributed by atoms with Crippen molar-refractivity contribution < 1.29 is 19.2 Å². The topological polar surface area (TPSA) is 93.9 Å². The van der Waals surface area contributed by atoms with Gasteiger partial charge in [-0.25, -0.2) is 0 Å². The van der Waals surface area contributed by atoms with Crippen molar-refractivity contribution in [2.45, 2.75) is 24.1 Å². The van der Waals surface area contributed by atoms with Crippen LogP contribution in [0.15, 0.2) is 69.6 Å². The van der Waals surface area contributed by atoms with Gasteiger partial charge < -0.3 is 14.8 Å². The normalized spacial score (nSPS) is 22.9. The second kappa shape index (κ2) is 9.49. The predicted octanol–water partition coefficient (Wildman–Crippen LogP) is 5.32. The average molecular weight is 617 g/mol. The smallest absolute Gasteiger partial charge is 0.256 e. The molecule has 2 aliphatic heterocycles. The molecule has 2 heterocycles. The first kappa shape index (κ1) is 24.7. The first-order valence-corrected chi connectivity index (χ1v) is 12.9. The second-order valence-corrected chi connectivity index (χ2v) is 10.7. The highest BCUT2D eigenvalue weighted by molar-refractivity contribution is 9.10.